The van der Waals surface area contributed by atoms with E-state index >= 15 is 0 Å². The van der Waals surface area contributed by atoms with Gasteiger partial charge in [-0.25, -0.2) is 4.98 Å². The molecule has 0 saturated heterocycles. The fraction of sp³-hybridized carbons (Fsp3) is 0.286. The minimum absolute atomic E-state index is 0.240. The Labute approximate surface area is 124 Å². The highest BCUT2D eigenvalue weighted by atomic mass is 32.1. The van der Waals surface area contributed by atoms with Crippen LogP contribution < -0.4 is 0 Å². The molecule has 0 fully saturated rings. The van der Waals surface area contributed by atoms with E-state index in [0.717, 1.165) is 17.1 Å². The van der Waals surface area contributed by atoms with E-state index in [2.05, 4.69) is 4.98 Å². The first-order chi connectivity index (χ1) is 9.88. The van der Waals surface area contributed by atoms with E-state index < -0.39 is 11.7 Å². The highest BCUT2D eigenvalue weighted by Gasteiger charge is 2.30. The summed E-state index contributed by atoms with van der Waals surface area (Å²) in [6.45, 7) is 0.466. The van der Waals surface area contributed by atoms with Crippen molar-refractivity contribution in [2.75, 3.05) is 13.6 Å². The number of carbonyl (C=O) groups is 1. The van der Waals surface area contributed by atoms with Gasteiger partial charge < -0.3 is 4.90 Å². The van der Waals surface area contributed by atoms with Crippen LogP contribution in [0.3, 0.4) is 0 Å². The van der Waals surface area contributed by atoms with Crippen LogP contribution in [-0.4, -0.2) is 29.4 Å². The molecule has 0 aliphatic carbocycles. The van der Waals surface area contributed by atoms with Gasteiger partial charge in [-0.1, -0.05) is 0 Å². The molecule has 112 valence electrons. The fourth-order valence-electron chi connectivity index (χ4n) is 1.76. The van der Waals surface area contributed by atoms with Crippen LogP contribution >= 0.6 is 11.3 Å². The van der Waals surface area contributed by atoms with Crippen molar-refractivity contribution in [2.24, 2.45) is 0 Å². The number of thiazole rings is 1. The highest BCUT2D eigenvalue weighted by Crippen LogP contribution is 2.29. The van der Waals surface area contributed by atoms with Crippen molar-refractivity contribution in [1.29, 1.82) is 0 Å². The van der Waals surface area contributed by atoms with Crippen molar-refractivity contribution < 1.29 is 18.0 Å². The molecular formula is C14H13F3N2OS. The predicted molar refractivity (Wildman–Crippen MR) is 74.2 cm³/mol. The number of aromatic nitrogens is 1. The van der Waals surface area contributed by atoms with Gasteiger partial charge in [-0.15, -0.1) is 11.3 Å². The van der Waals surface area contributed by atoms with Gasteiger partial charge in [-0.05, 0) is 24.3 Å². The van der Waals surface area contributed by atoms with Crippen molar-refractivity contribution in [1.82, 2.24) is 9.88 Å². The minimum Gasteiger partial charge on any atom is -0.341 e. The minimum atomic E-state index is -4.39. The van der Waals surface area contributed by atoms with Gasteiger partial charge in [0.05, 0.1) is 10.6 Å². The van der Waals surface area contributed by atoms with E-state index in [0.29, 0.717) is 13.0 Å². The summed E-state index contributed by atoms with van der Waals surface area (Å²) in [5.41, 5.74) is -0.519. The van der Waals surface area contributed by atoms with Gasteiger partial charge in [0, 0.05) is 37.2 Å². The molecule has 7 heteroatoms. The number of carbonyl (C=O) groups excluding carboxylic acids is 1. The summed E-state index contributed by atoms with van der Waals surface area (Å²) in [7, 11) is 1.62. The molecule has 1 aromatic heterocycles. The maximum Gasteiger partial charge on any atom is 0.416 e. The predicted octanol–water partition coefficient (Wildman–Crippen LogP) is 3.48. The molecule has 2 rings (SSSR count). The van der Waals surface area contributed by atoms with Gasteiger partial charge in [-0.2, -0.15) is 13.2 Å². The highest BCUT2D eigenvalue weighted by molar-refractivity contribution is 7.09. The van der Waals surface area contributed by atoms with Crippen molar-refractivity contribution in [2.45, 2.75) is 12.6 Å². The second-order valence-electron chi connectivity index (χ2n) is 4.48. The van der Waals surface area contributed by atoms with Crippen LogP contribution in [0, 0.1) is 0 Å². The monoisotopic (exact) mass is 314 g/mol. The van der Waals surface area contributed by atoms with E-state index in [-0.39, 0.29) is 11.5 Å². The van der Waals surface area contributed by atoms with Gasteiger partial charge in [0.25, 0.3) is 5.91 Å². The molecule has 1 heterocycles. The van der Waals surface area contributed by atoms with E-state index in [1.54, 1.807) is 13.2 Å². The van der Waals surface area contributed by atoms with Gasteiger partial charge in [-0.3, -0.25) is 4.79 Å². The Morgan fingerprint density at radius 3 is 2.48 bits per heavy atom. The fourth-order valence-corrected chi connectivity index (χ4v) is 2.37. The molecule has 0 saturated carbocycles. The lowest BCUT2D eigenvalue weighted by atomic mass is 10.1. The van der Waals surface area contributed by atoms with Gasteiger partial charge in [0.1, 0.15) is 0 Å². The first-order valence-corrected chi connectivity index (χ1v) is 7.07. The van der Waals surface area contributed by atoms with Crippen LogP contribution in [0.4, 0.5) is 13.2 Å². The molecule has 2 aromatic rings. The van der Waals surface area contributed by atoms with Crippen molar-refractivity contribution in [3.05, 3.63) is 52.0 Å². The third-order valence-electron chi connectivity index (χ3n) is 2.95. The normalized spacial score (nSPS) is 11.4. The summed E-state index contributed by atoms with van der Waals surface area (Å²) in [4.78, 5) is 17.7. The third kappa shape index (κ3) is 4.04. The van der Waals surface area contributed by atoms with Crippen LogP contribution in [0.1, 0.15) is 20.9 Å². The first-order valence-electron chi connectivity index (χ1n) is 6.19. The Morgan fingerprint density at radius 1 is 1.29 bits per heavy atom. The molecule has 0 radical (unpaired) electrons. The quantitative estimate of drug-likeness (QED) is 0.865. The zero-order valence-electron chi connectivity index (χ0n) is 11.2. The van der Waals surface area contributed by atoms with E-state index in [1.807, 2.05) is 5.38 Å². The van der Waals surface area contributed by atoms with E-state index in [1.165, 1.54) is 28.4 Å². The maximum absolute atomic E-state index is 12.5. The summed E-state index contributed by atoms with van der Waals surface area (Å²) >= 11 is 1.50. The molecule has 1 aromatic carbocycles. The maximum atomic E-state index is 12.5. The summed E-state index contributed by atoms with van der Waals surface area (Å²) in [6, 6.07) is 4.24. The van der Waals surface area contributed by atoms with Crippen molar-refractivity contribution >= 4 is 17.2 Å². The van der Waals surface area contributed by atoms with Crippen LogP contribution in [-0.2, 0) is 12.6 Å². The lowest BCUT2D eigenvalue weighted by molar-refractivity contribution is -0.137. The van der Waals surface area contributed by atoms with Crippen LogP contribution in [0.2, 0.25) is 0 Å². The number of alkyl halides is 3. The number of nitrogens with zero attached hydrogens (tertiary/aromatic N) is 2. The molecule has 0 bridgehead atoms. The SMILES string of the molecule is CN(CCc1nccs1)C(=O)c1ccc(C(F)(F)F)cc1. The zero-order chi connectivity index (χ0) is 15.5. The van der Waals surface area contributed by atoms with E-state index in [4.69, 9.17) is 0 Å². The van der Waals surface area contributed by atoms with Crippen molar-refractivity contribution in [3.63, 3.8) is 0 Å². The molecular weight excluding hydrogens is 301 g/mol. The number of hydrogen-bond acceptors (Lipinski definition) is 3. The molecule has 0 spiro atoms. The molecule has 1 amide bonds. The molecule has 3 nitrogen and oxygen atoms in total. The zero-order valence-corrected chi connectivity index (χ0v) is 12.0. The van der Waals surface area contributed by atoms with E-state index in [9.17, 15) is 18.0 Å². The topological polar surface area (TPSA) is 33.2 Å². The van der Waals surface area contributed by atoms with Gasteiger partial charge in [0.2, 0.25) is 0 Å². The number of benzene rings is 1. The number of amides is 1. The second-order valence-corrected chi connectivity index (χ2v) is 5.46. The Bertz CT molecular complexity index is 594. The summed E-state index contributed by atoms with van der Waals surface area (Å²) < 4.78 is 37.4. The average Bonchev–Trinajstić information content (AvgIpc) is 2.96. The number of likely N-dealkylation sites (N-methyl/N-ethyl adjacent to an activating group) is 1. The van der Waals surface area contributed by atoms with Crippen molar-refractivity contribution in [3.8, 4) is 0 Å². The molecule has 21 heavy (non-hydrogen) atoms. The summed E-state index contributed by atoms with van der Waals surface area (Å²) in [5.74, 6) is -0.305. The van der Waals surface area contributed by atoms with Gasteiger partial charge >= 0.3 is 6.18 Å². The Balaban J connectivity index is 1.98. The average molecular weight is 314 g/mol. The standard InChI is InChI=1S/C14H13F3N2OS/c1-19(8-6-12-18-7-9-21-12)13(20)10-2-4-11(5-3-10)14(15,16)17/h2-5,7,9H,6,8H2,1H3. The largest absolute Gasteiger partial charge is 0.416 e. The summed E-state index contributed by atoms with van der Waals surface area (Å²) in [5, 5.41) is 2.77. The Hall–Kier alpha value is -1.89. The van der Waals surface area contributed by atoms with Crippen LogP contribution in [0.15, 0.2) is 35.8 Å². The lowest BCUT2D eigenvalue weighted by Gasteiger charge is -2.17. The Morgan fingerprint density at radius 2 is 1.95 bits per heavy atom. The number of rotatable bonds is 4. The molecule has 0 N–H and O–H groups in total. The van der Waals surface area contributed by atoms with Crippen LogP contribution in [0.5, 0.6) is 0 Å². The molecule has 0 atom stereocenters. The molecule has 0 aliphatic heterocycles. The third-order valence-corrected chi connectivity index (χ3v) is 3.79. The smallest absolute Gasteiger partial charge is 0.341 e. The van der Waals surface area contributed by atoms with Gasteiger partial charge in [0.15, 0.2) is 0 Å². The summed E-state index contributed by atoms with van der Waals surface area (Å²) in [6.07, 6.45) is -2.07. The number of hydrogen-bond donors (Lipinski definition) is 0. The lowest BCUT2D eigenvalue weighted by Crippen LogP contribution is -2.28. The van der Waals surface area contributed by atoms with Crippen LogP contribution in [0.25, 0.3) is 0 Å². The molecule has 0 aliphatic rings. The molecule has 0 unspecified atom stereocenters. The number of halogens is 3. The first kappa shape index (κ1) is 15.5. The Kier molecular flexibility index (Phi) is 4.62. The second kappa shape index (κ2) is 6.26.